The molecule has 0 N–H and O–H groups in total. The largest absolute Gasteiger partial charge is 0.289 e. The van der Waals surface area contributed by atoms with Crippen molar-refractivity contribution < 1.29 is 13.3 Å². The zero-order valence-corrected chi connectivity index (χ0v) is 20.8. The van der Waals surface area contributed by atoms with Crippen molar-refractivity contribution in [3.8, 4) is 0 Å². The third-order valence-electron chi connectivity index (χ3n) is 4.65. The molecule has 0 amide bonds. The van der Waals surface area contributed by atoms with Gasteiger partial charge in [-0.2, -0.15) is 17.9 Å². The summed E-state index contributed by atoms with van der Waals surface area (Å²) in [4.78, 5) is 10.3. The van der Waals surface area contributed by atoms with Crippen LogP contribution in [0.5, 0.6) is 0 Å². The number of hydrogen-bond acceptors (Lipinski definition) is 5. The summed E-state index contributed by atoms with van der Waals surface area (Å²) in [6.45, 7) is 11.6. The standard InChI is InChI=1S/C24H35N3O4S/c1-19(2)11-9-12-21(5)13-10-14-22(6)17-18-26(25-20(3)4)32(30,31)24-16-8-7-15-23(24)27(28)29/h7-8,11,13,15-17H,9-10,12,14,18H2,1-6H3/b21-13+,22-17+. The lowest BCUT2D eigenvalue weighted by Gasteiger charge is -2.18. The van der Waals surface area contributed by atoms with Crippen molar-refractivity contribution in [1.82, 2.24) is 4.41 Å². The summed E-state index contributed by atoms with van der Waals surface area (Å²) in [7, 11) is -4.18. The van der Waals surface area contributed by atoms with Crippen molar-refractivity contribution in [2.45, 2.75) is 72.1 Å². The van der Waals surface area contributed by atoms with Gasteiger partial charge in [0, 0.05) is 11.8 Å². The molecular weight excluding hydrogens is 426 g/mol. The fraction of sp³-hybridized carbons (Fsp3) is 0.458. The molecule has 7 nitrogen and oxygen atoms in total. The molecule has 0 saturated heterocycles. The van der Waals surface area contributed by atoms with E-state index in [9.17, 15) is 18.5 Å². The van der Waals surface area contributed by atoms with E-state index in [1.165, 1.54) is 35.4 Å². The fourth-order valence-electron chi connectivity index (χ4n) is 2.93. The number of sulfonamides is 1. The van der Waals surface area contributed by atoms with Crippen molar-refractivity contribution >= 4 is 21.4 Å². The Balaban J connectivity index is 2.95. The summed E-state index contributed by atoms with van der Waals surface area (Å²) in [5, 5.41) is 15.4. The monoisotopic (exact) mass is 461 g/mol. The van der Waals surface area contributed by atoms with Gasteiger partial charge in [0.25, 0.3) is 15.7 Å². The number of hydrazone groups is 1. The second kappa shape index (κ2) is 13.0. The molecule has 0 aromatic heterocycles. The van der Waals surface area contributed by atoms with Crippen molar-refractivity contribution in [3.63, 3.8) is 0 Å². The maximum Gasteiger partial charge on any atom is 0.289 e. The molecule has 0 atom stereocenters. The predicted molar refractivity (Wildman–Crippen MR) is 131 cm³/mol. The first-order chi connectivity index (χ1) is 14.9. The van der Waals surface area contributed by atoms with E-state index in [4.69, 9.17) is 0 Å². The van der Waals surface area contributed by atoms with Crippen LogP contribution in [-0.4, -0.2) is 30.0 Å². The zero-order valence-electron chi connectivity index (χ0n) is 20.0. The quantitative estimate of drug-likeness (QED) is 0.156. The summed E-state index contributed by atoms with van der Waals surface area (Å²) < 4.78 is 27.2. The van der Waals surface area contributed by atoms with Crippen LogP contribution in [0.4, 0.5) is 5.69 Å². The molecule has 0 aliphatic carbocycles. The lowest BCUT2D eigenvalue weighted by molar-refractivity contribution is -0.387. The average molecular weight is 462 g/mol. The van der Waals surface area contributed by atoms with Crippen LogP contribution < -0.4 is 0 Å². The van der Waals surface area contributed by atoms with E-state index < -0.39 is 20.6 Å². The molecular formula is C24H35N3O4S. The Kier molecular flexibility index (Phi) is 11.1. The van der Waals surface area contributed by atoms with Crippen LogP contribution in [0.1, 0.15) is 67.2 Å². The maximum atomic E-state index is 13.1. The van der Waals surface area contributed by atoms with E-state index in [1.807, 2.05) is 13.0 Å². The summed E-state index contributed by atoms with van der Waals surface area (Å²) in [6.07, 6.45) is 9.99. The molecule has 1 aromatic carbocycles. The number of allylic oxidation sites excluding steroid dienone is 5. The minimum Gasteiger partial charge on any atom is -0.258 e. The summed E-state index contributed by atoms with van der Waals surface area (Å²) >= 11 is 0. The molecule has 0 heterocycles. The molecule has 0 bridgehead atoms. The molecule has 0 unspecified atom stereocenters. The highest BCUT2D eigenvalue weighted by Gasteiger charge is 2.30. The first-order valence-electron chi connectivity index (χ1n) is 10.7. The van der Waals surface area contributed by atoms with Gasteiger partial charge in [0.05, 0.1) is 11.5 Å². The second-order valence-electron chi connectivity index (χ2n) is 8.24. The Morgan fingerprint density at radius 1 is 0.969 bits per heavy atom. The number of nitro benzene ring substituents is 1. The van der Waals surface area contributed by atoms with Crippen LogP contribution in [0, 0.1) is 10.1 Å². The number of benzene rings is 1. The number of rotatable bonds is 12. The number of nitro groups is 1. The van der Waals surface area contributed by atoms with E-state index in [0.717, 1.165) is 35.7 Å². The highest BCUT2D eigenvalue weighted by Crippen LogP contribution is 2.26. The maximum absolute atomic E-state index is 13.1. The topological polar surface area (TPSA) is 92.9 Å². The van der Waals surface area contributed by atoms with Crippen molar-refractivity contribution in [2.75, 3.05) is 6.54 Å². The molecule has 1 aromatic rings. The highest BCUT2D eigenvalue weighted by molar-refractivity contribution is 7.89. The van der Waals surface area contributed by atoms with Crippen LogP contribution in [-0.2, 0) is 10.0 Å². The van der Waals surface area contributed by atoms with Crippen molar-refractivity contribution in [1.29, 1.82) is 0 Å². The van der Waals surface area contributed by atoms with Gasteiger partial charge in [-0.1, -0.05) is 47.1 Å². The van der Waals surface area contributed by atoms with Gasteiger partial charge in [-0.15, -0.1) is 0 Å². The second-order valence-corrected chi connectivity index (χ2v) is 10.1. The third kappa shape index (κ3) is 9.18. The van der Waals surface area contributed by atoms with Gasteiger partial charge >= 0.3 is 0 Å². The Morgan fingerprint density at radius 2 is 1.53 bits per heavy atom. The Morgan fingerprint density at radius 3 is 2.09 bits per heavy atom. The molecule has 0 fully saturated rings. The third-order valence-corrected chi connectivity index (χ3v) is 6.33. The molecule has 0 aliphatic rings. The van der Waals surface area contributed by atoms with Crippen molar-refractivity contribution in [2.24, 2.45) is 5.10 Å². The first kappa shape index (κ1) is 27.3. The van der Waals surface area contributed by atoms with Crippen molar-refractivity contribution in [3.05, 3.63) is 69.3 Å². The molecule has 176 valence electrons. The Bertz CT molecular complexity index is 1010. The highest BCUT2D eigenvalue weighted by atomic mass is 32.2. The fourth-order valence-corrected chi connectivity index (χ4v) is 4.35. The minimum atomic E-state index is -4.18. The summed E-state index contributed by atoms with van der Waals surface area (Å²) in [5.41, 5.74) is 3.76. The summed E-state index contributed by atoms with van der Waals surface area (Å²) in [5.74, 6) is 0. The molecule has 1 rings (SSSR count). The normalized spacial score (nSPS) is 12.3. The van der Waals surface area contributed by atoms with E-state index in [2.05, 4.69) is 38.0 Å². The van der Waals surface area contributed by atoms with Crippen LogP contribution in [0.25, 0.3) is 0 Å². The predicted octanol–water partition coefficient (Wildman–Crippen LogP) is 6.40. The lowest BCUT2D eigenvalue weighted by atomic mass is 10.1. The number of nitrogens with zero attached hydrogens (tertiary/aromatic N) is 3. The lowest BCUT2D eigenvalue weighted by Crippen LogP contribution is -2.28. The molecule has 32 heavy (non-hydrogen) atoms. The van der Waals surface area contributed by atoms with E-state index >= 15 is 0 Å². The smallest absolute Gasteiger partial charge is 0.258 e. The van der Waals surface area contributed by atoms with Crippen LogP contribution in [0.15, 0.2) is 69.2 Å². The van der Waals surface area contributed by atoms with E-state index in [-0.39, 0.29) is 11.4 Å². The average Bonchev–Trinajstić information content (AvgIpc) is 2.70. The van der Waals surface area contributed by atoms with Gasteiger partial charge in [0.2, 0.25) is 0 Å². The van der Waals surface area contributed by atoms with Crippen LogP contribution in [0.2, 0.25) is 0 Å². The van der Waals surface area contributed by atoms with Gasteiger partial charge in [0.15, 0.2) is 4.90 Å². The van der Waals surface area contributed by atoms with Gasteiger partial charge < -0.3 is 0 Å². The Labute approximate surface area is 192 Å². The van der Waals surface area contributed by atoms with Crippen LogP contribution in [0.3, 0.4) is 0 Å². The molecule has 0 saturated carbocycles. The molecule has 0 spiro atoms. The number of para-hydroxylation sites is 1. The van der Waals surface area contributed by atoms with Gasteiger partial charge in [-0.05, 0) is 73.3 Å². The van der Waals surface area contributed by atoms with Gasteiger partial charge in [0.1, 0.15) is 0 Å². The zero-order chi connectivity index (χ0) is 24.3. The van der Waals surface area contributed by atoms with Crippen LogP contribution >= 0.6 is 0 Å². The number of hydrogen-bond donors (Lipinski definition) is 0. The summed E-state index contributed by atoms with van der Waals surface area (Å²) in [6, 6.07) is 5.32. The first-order valence-corrected chi connectivity index (χ1v) is 12.1. The van der Waals surface area contributed by atoms with Gasteiger partial charge in [-0.3, -0.25) is 10.1 Å². The molecule has 0 radical (unpaired) electrons. The molecule has 0 aliphatic heterocycles. The molecule has 8 heteroatoms. The van der Waals surface area contributed by atoms with E-state index in [0.29, 0.717) is 5.71 Å². The SMILES string of the molecule is CC(C)=CCC/C(C)=C/CC/C(C)=C/CN(N=C(C)C)S(=O)(=O)c1ccccc1[N+](=O)[O-]. The van der Waals surface area contributed by atoms with Gasteiger partial charge in [-0.25, -0.2) is 0 Å². The minimum absolute atomic E-state index is 0.00859. The van der Waals surface area contributed by atoms with E-state index in [1.54, 1.807) is 13.8 Å². The Hall–Kier alpha value is -2.74.